The fourth-order valence-electron chi connectivity index (χ4n) is 2.47. The van der Waals surface area contributed by atoms with Crippen molar-refractivity contribution in [2.75, 3.05) is 22.4 Å². The van der Waals surface area contributed by atoms with Gasteiger partial charge in [-0.25, -0.2) is 12.8 Å². The Morgan fingerprint density at radius 2 is 1.92 bits per heavy atom. The highest BCUT2D eigenvalue weighted by molar-refractivity contribution is 7.92. The van der Waals surface area contributed by atoms with E-state index in [0.717, 1.165) is 11.8 Å². The molecule has 1 N–H and O–H groups in total. The predicted octanol–water partition coefficient (Wildman–Crippen LogP) is 3.97. The molecule has 0 spiro atoms. The van der Waals surface area contributed by atoms with Crippen LogP contribution in [0, 0.1) is 12.7 Å². The van der Waals surface area contributed by atoms with E-state index >= 15 is 0 Å². The zero-order valence-electron chi connectivity index (χ0n) is 14.5. The van der Waals surface area contributed by atoms with E-state index < -0.39 is 15.8 Å². The molecular formula is C18H20ClFN2O3S. The molecule has 140 valence electrons. The summed E-state index contributed by atoms with van der Waals surface area (Å²) in [4.78, 5) is 12.0. The maximum absolute atomic E-state index is 13.5. The Hall–Kier alpha value is -2.12. The van der Waals surface area contributed by atoms with Crippen LogP contribution in [0.1, 0.15) is 18.4 Å². The van der Waals surface area contributed by atoms with Gasteiger partial charge in [-0.15, -0.1) is 0 Å². The van der Waals surface area contributed by atoms with Crippen molar-refractivity contribution in [2.24, 2.45) is 0 Å². The van der Waals surface area contributed by atoms with Crippen LogP contribution in [0.4, 0.5) is 15.8 Å². The van der Waals surface area contributed by atoms with Gasteiger partial charge in [0.1, 0.15) is 5.82 Å². The minimum atomic E-state index is -3.54. The lowest BCUT2D eigenvalue weighted by molar-refractivity contribution is -0.116. The number of benzene rings is 2. The summed E-state index contributed by atoms with van der Waals surface area (Å²) in [6, 6.07) is 10.9. The normalized spacial score (nSPS) is 11.2. The second-order valence-electron chi connectivity index (χ2n) is 5.90. The second-order valence-corrected chi connectivity index (χ2v) is 8.24. The number of para-hydroxylation sites is 1. The maximum Gasteiger partial charge on any atom is 0.232 e. The quantitative estimate of drug-likeness (QED) is 0.767. The Morgan fingerprint density at radius 3 is 2.58 bits per heavy atom. The number of anilines is 2. The molecule has 0 aromatic heterocycles. The van der Waals surface area contributed by atoms with E-state index in [4.69, 9.17) is 11.6 Å². The molecule has 26 heavy (non-hydrogen) atoms. The number of halogens is 2. The predicted molar refractivity (Wildman–Crippen MR) is 103 cm³/mol. The summed E-state index contributed by atoms with van der Waals surface area (Å²) in [6.07, 6.45) is 1.44. The van der Waals surface area contributed by atoms with Crippen LogP contribution in [-0.4, -0.2) is 27.1 Å². The number of carbonyl (C=O) groups is 1. The molecule has 0 heterocycles. The molecule has 0 aliphatic heterocycles. The van der Waals surface area contributed by atoms with Crippen LogP contribution >= 0.6 is 11.6 Å². The second kappa shape index (κ2) is 8.51. The number of aryl methyl sites for hydroxylation is 1. The minimum Gasteiger partial charge on any atom is -0.324 e. The molecular weight excluding hydrogens is 379 g/mol. The van der Waals surface area contributed by atoms with E-state index in [-0.39, 0.29) is 31.0 Å². The number of hydrogen-bond acceptors (Lipinski definition) is 3. The third-order valence-corrected chi connectivity index (χ3v) is 5.17. The topological polar surface area (TPSA) is 66.5 Å². The van der Waals surface area contributed by atoms with E-state index in [1.807, 2.05) is 0 Å². The van der Waals surface area contributed by atoms with E-state index in [2.05, 4.69) is 5.32 Å². The SMILES string of the molecule is Cc1ccc(Cl)cc1N(CCCC(=O)Nc1ccccc1F)S(C)(=O)=O. The van der Waals surface area contributed by atoms with Crippen LogP contribution in [0.3, 0.4) is 0 Å². The van der Waals surface area contributed by atoms with E-state index in [1.165, 1.54) is 22.5 Å². The summed E-state index contributed by atoms with van der Waals surface area (Å²) >= 11 is 5.98. The van der Waals surface area contributed by atoms with Crippen molar-refractivity contribution in [3.63, 3.8) is 0 Å². The standard InChI is InChI=1S/C18H20ClFN2O3S/c1-13-9-10-14(19)12-17(13)22(26(2,24)25)11-5-8-18(23)21-16-7-4-3-6-15(16)20/h3-4,6-7,9-10,12H,5,8,11H2,1-2H3,(H,21,23). The van der Waals surface area contributed by atoms with Gasteiger partial charge < -0.3 is 5.32 Å². The van der Waals surface area contributed by atoms with Gasteiger partial charge in [-0.3, -0.25) is 9.10 Å². The minimum absolute atomic E-state index is 0.0555. The van der Waals surface area contributed by atoms with Gasteiger partial charge in [0.2, 0.25) is 15.9 Å². The summed E-state index contributed by atoms with van der Waals surface area (Å²) in [6.45, 7) is 1.90. The number of sulfonamides is 1. The molecule has 0 bridgehead atoms. The Bertz CT molecular complexity index is 903. The third kappa shape index (κ3) is 5.44. The summed E-state index contributed by atoms with van der Waals surface area (Å²) in [7, 11) is -3.54. The molecule has 0 fully saturated rings. The lowest BCUT2D eigenvalue weighted by atomic mass is 10.2. The van der Waals surface area contributed by atoms with Gasteiger partial charge in [-0.2, -0.15) is 0 Å². The van der Waals surface area contributed by atoms with Crippen molar-refractivity contribution < 1.29 is 17.6 Å². The first-order chi connectivity index (χ1) is 12.2. The highest BCUT2D eigenvalue weighted by Gasteiger charge is 2.20. The molecule has 0 aliphatic carbocycles. The average Bonchev–Trinajstić information content (AvgIpc) is 2.55. The number of hydrogen-bond donors (Lipinski definition) is 1. The number of rotatable bonds is 7. The van der Waals surface area contributed by atoms with Crippen LogP contribution in [0.2, 0.25) is 5.02 Å². The third-order valence-electron chi connectivity index (χ3n) is 3.75. The van der Waals surface area contributed by atoms with E-state index in [9.17, 15) is 17.6 Å². The summed E-state index contributed by atoms with van der Waals surface area (Å²) in [5.41, 5.74) is 1.34. The average molecular weight is 399 g/mol. The lowest BCUT2D eigenvalue weighted by Gasteiger charge is -2.24. The lowest BCUT2D eigenvalue weighted by Crippen LogP contribution is -2.32. The first kappa shape index (κ1) is 20.2. The summed E-state index contributed by atoms with van der Waals surface area (Å²) in [5, 5.41) is 2.91. The maximum atomic E-state index is 13.5. The van der Waals surface area contributed by atoms with Gasteiger partial charge in [0.25, 0.3) is 0 Å². The number of amides is 1. The van der Waals surface area contributed by atoms with Crippen LogP contribution in [0.25, 0.3) is 0 Å². The fraction of sp³-hybridized carbons (Fsp3) is 0.278. The fourth-order valence-corrected chi connectivity index (χ4v) is 3.66. The van der Waals surface area contributed by atoms with Crippen molar-refractivity contribution in [2.45, 2.75) is 19.8 Å². The Balaban J connectivity index is 2.03. The van der Waals surface area contributed by atoms with Gasteiger partial charge in [0.05, 0.1) is 17.6 Å². The van der Waals surface area contributed by atoms with Crippen molar-refractivity contribution in [3.8, 4) is 0 Å². The van der Waals surface area contributed by atoms with Gasteiger partial charge in [-0.1, -0.05) is 29.8 Å². The number of carbonyl (C=O) groups excluding carboxylic acids is 1. The molecule has 8 heteroatoms. The van der Waals surface area contributed by atoms with Crippen molar-refractivity contribution in [3.05, 3.63) is 58.9 Å². The first-order valence-corrected chi connectivity index (χ1v) is 10.2. The smallest absolute Gasteiger partial charge is 0.232 e. The zero-order chi connectivity index (χ0) is 19.3. The number of nitrogens with one attached hydrogen (secondary N) is 1. The molecule has 0 aliphatic rings. The molecule has 0 saturated heterocycles. The Kier molecular flexibility index (Phi) is 6.61. The Morgan fingerprint density at radius 1 is 1.23 bits per heavy atom. The number of nitrogens with zero attached hydrogens (tertiary/aromatic N) is 1. The van der Waals surface area contributed by atoms with Crippen molar-refractivity contribution >= 4 is 38.9 Å². The molecule has 5 nitrogen and oxygen atoms in total. The van der Waals surface area contributed by atoms with Gasteiger partial charge >= 0.3 is 0 Å². The molecule has 1 amide bonds. The summed E-state index contributed by atoms with van der Waals surface area (Å²) in [5.74, 6) is -0.903. The Labute approximate surface area is 157 Å². The monoisotopic (exact) mass is 398 g/mol. The molecule has 0 saturated carbocycles. The summed E-state index contributed by atoms with van der Waals surface area (Å²) < 4.78 is 39.1. The van der Waals surface area contributed by atoms with Crippen LogP contribution in [0.5, 0.6) is 0 Å². The molecule has 2 aromatic carbocycles. The zero-order valence-corrected chi connectivity index (χ0v) is 16.1. The molecule has 2 aromatic rings. The molecule has 2 rings (SSSR count). The highest BCUT2D eigenvalue weighted by Crippen LogP contribution is 2.26. The van der Waals surface area contributed by atoms with Gasteiger partial charge in [0, 0.05) is 18.0 Å². The van der Waals surface area contributed by atoms with Crippen molar-refractivity contribution in [1.82, 2.24) is 0 Å². The van der Waals surface area contributed by atoms with Crippen LogP contribution < -0.4 is 9.62 Å². The highest BCUT2D eigenvalue weighted by atomic mass is 35.5. The van der Waals surface area contributed by atoms with Crippen LogP contribution in [-0.2, 0) is 14.8 Å². The van der Waals surface area contributed by atoms with E-state index in [0.29, 0.717) is 10.7 Å². The van der Waals surface area contributed by atoms with Crippen LogP contribution in [0.15, 0.2) is 42.5 Å². The van der Waals surface area contributed by atoms with Crippen molar-refractivity contribution in [1.29, 1.82) is 0 Å². The largest absolute Gasteiger partial charge is 0.324 e. The molecule has 0 radical (unpaired) electrons. The van der Waals surface area contributed by atoms with Gasteiger partial charge in [0.15, 0.2) is 0 Å². The van der Waals surface area contributed by atoms with E-state index in [1.54, 1.807) is 31.2 Å². The molecule has 0 atom stereocenters. The first-order valence-electron chi connectivity index (χ1n) is 7.97. The molecule has 0 unspecified atom stereocenters. The van der Waals surface area contributed by atoms with Gasteiger partial charge in [-0.05, 0) is 43.2 Å².